The van der Waals surface area contributed by atoms with Crippen LogP contribution in [0.3, 0.4) is 0 Å². The summed E-state index contributed by atoms with van der Waals surface area (Å²) < 4.78 is 1.78. The summed E-state index contributed by atoms with van der Waals surface area (Å²) in [6.45, 7) is 4.30. The molecule has 0 saturated heterocycles. The number of aliphatic hydroxyl groups excluding tert-OH is 1. The molecule has 0 fully saturated rings. The van der Waals surface area contributed by atoms with E-state index < -0.39 is 0 Å². The number of fused-ring (bicyclic) bond motifs is 1. The number of anilines is 1. The molecule has 0 radical (unpaired) electrons. The molecule has 7 nitrogen and oxygen atoms in total. The molecule has 1 aliphatic heterocycles. The van der Waals surface area contributed by atoms with E-state index in [9.17, 15) is 14.7 Å². The minimum absolute atomic E-state index is 0.0833. The molecule has 0 aliphatic carbocycles. The number of amides is 2. The van der Waals surface area contributed by atoms with Gasteiger partial charge in [0.2, 0.25) is 5.91 Å². The lowest BCUT2D eigenvalue weighted by atomic mass is 10.0. The fraction of sp³-hybridized carbons (Fsp3) is 0.278. The van der Waals surface area contributed by atoms with Gasteiger partial charge in [0.15, 0.2) is 0 Å². The van der Waals surface area contributed by atoms with E-state index >= 15 is 0 Å². The normalized spacial score (nSPS) is 13.3. The predicted octanol–water partition coefficient (Wildman–Crippen LogP) is 1.24. The Labute approximate surface area is 145 Å². The van der Waals surface area contributed by atoms with E-state index in [1.165, 1.54) is 6.08 Å². The van der Waals surface area contributed by atoms with E-state index in [1.807, 2.05) is 7.05 Å². The Hall–Kier alpha value is -2.93. The number of benzene rings is 1. The van der Waals surface area contributed by atoms with E-state index in [1.54, 1.807) is 33.8 Å². The number of carbonyl (C=O) groups excluding carboxylic acids is 2. The molecular formula is C18H20N4O3. The second-order valence-corrected chi connectivity index (χ2v) is 5.90. The summed E-state index contributed by atoms with van der Waals surface area (Å²) in [4.78, 5) is 25.8. The first-order valence-electron chi connectivity index (χ1n) is 8.00. The van der Waals surface area contributed by atoms with Crippen molar-refractivity contribution in [3.8, 4) is 0 Å². The Morgan fingerprint density at radius 1 is 1.36 bits per heavy atom. The lowest BCUT2D eigenvalue weighted by Crippen LogP contribution is -2.36. The first-order valence-corrected chi connectivity index (χ1v) is 8.00. The molecule has 7 heteroatoms. The van der Waals surface area contributed by atoms with E-state index in [2.05, 4.69) is 17.0 Å². The van der Waals surface area contributed by atoms with Crippen LogP contribution in [0.4, 0.5) is 5.69 Å². The van der Waals surface area contributed by atoms with Gasteiger partial charge in [-0.2, -0.15) is 5.10 Å². The van der Waals surface area contributed by atoms with E-state index in [0.717, 1.165) is 11.3 Å². The van der Waals surface area contributed by atoms with Crippen LogP contribution in [-0.2, 0) is 31.4 Å². The average Bonchev–Trinajstić information content (AvgIpc) is 2.97. The molecule has 2 aromatic rings. The first kappa shape index (κ1) is 16.9. The van der Waals surface area contributed by atoms with Crippen molar-refractivity contribution in [2.24, 2.45) is 7.05 Å². The van der Waals surface area contributed by atoms with Gasteiger partial charge in [-0.25, -0.2) is 0 Å². The monoisotopic (exact) mass is 340 g/mol. The number of aliphatic hydroxyl groups is 1. The third-order valence-corrected chi connectivity index (χ3v) is 4.35. The fourth-order valence-corrected chi connectivity index (χ4v) is 3.04. The number of aryl methyl sites for hydroxylation is 1. The molecule has 1 aliphatic rings. The number of nitrogens with zero attached hydrogens (tertiary/aromatic N) is 3. The number of nitrogens with one attached hydrogen (secondary N) is 1. The molecule has 2 amide bonds. The Bertz CT molecular complexity index is 824. The third-order valence-electron chi connectivity index (χ3n) is 4.35. The lowest BCUT2D eigenvalue weighted by molar-refractivity contribution is -0.111. The number of hydrogen-bond donors (Lipinski definition) is 2. The molecule has 0 unspecified atom stereocenters. The highest BCUT2D eigenvalue weighted by Crippen LogP contribution is 2.24. The SMILES string of the molecule is C=CC(=O)Nc1ccc(C(=O)N2CCc3c(c(CO)nn3C)C2)cc1. The lowest BCUT2D eigenvalue weighted by Gasteiger charge is -2.27. The highest BCUT2D eigenvalue weighted by Gasteiger charge is 2.26. The Morgan fingerprint density at radius 2 is 2.08 bits per heavy atom. The maximum atomic E-state index is 12.7. The summed E-state index contributed by atoms with van der Waals surface area (Å²) in [5, 5.41) is 16.4. The van der Waals surface area contributed by atoms with E-state index in [4.69, 9.17) is 0 Å². The molecule has 1 aromatic heterocycles. The van der Waals surface area contributed by atoms with Crippen LogP contribution in [-0.4, -0.2) is 38.1 Å². The molecule has 1 aromatic carbocycles. The van der Waals surface area contributed by atoms with Crippen LogP contribution in [0.2, 0.25) is 0 Å². The molecule has 0 atom stereocenters. The second-order valence-electron chi connectivity index (χ2n) is 5.90. The van der Waals surface area contributed by atoms with Crippen LogP contribution in [0.15, 0.2) is 36.9 Å². The van der Waals surface area contributed by atoms with E-state index in [0.29, 0.717) is 36.5 Å². The first-order chi connectivity index (χ1) is 12.0. The maximum Gasteiger partial charge on any atom is 0.254 e. The molecule has 0 bridgehead atoms. The van der Waals surface area contributed by atoms with Gasteiger partial charge in [0.25, 0.3) is 5.91 Å². The van der Waals surface area contributed by atoms with Gasteiger partial charge in [0, 0.05) is 49.1 Å². The largest absolute Gasteiger partial charge is 0.390 e. The molecule has 0 spiro atoms. The Balaban J connectivity index is 1.75. The van der Waals surface area contributed by atoms with Crippen molar-refractivity contribution >= 4 is 17.5 Å². The molecule has 130 valence electrons. The summed E-state index contributed by atoms with van der Waals surface area (Å²) in [6.07, 6.45) is 1.90. The topological polar surface area (TPSA) is 87.5 Å². The molecular weight excluding hydrogens is 320 g/mol. The molecule has 0 saturated carbocycles. The van der Waals surface area contributed by atoms with E-state index in [-0.39, 0.29) is 18.4 Å². The van der Waals surface area contributed by atoms with Crippen LogP contribution < -0.4 is 5.32 Å². The zero-order valence-corrected chi connectivity index (χ0v) is 14.0. The summed E-state index contributed by atoms with van der Waals surface area (Å²) in [5.74, 6) is -0.379. The standard InChI is InChI=1S/C18H20N4O3/c1-3-17(24)19-13-6-4-12(5-7-13)18(25)22-9-8-16-14(10-22)15(11-23)20-21(16)2/h3-7,23H,1,8-11H2,2H3,(H,19,24). The van der Waals surface area contributed by atoms with Gasteiger partial charge >= 0.3 is 0 Å². The van der Waals surface area contributed by atoms with Crippen molar-refractivity contribution in [2.45, 2.75) is 19.6 Å². The molecule has 3 rings (SSSR count). The summed E-state index contributed by atoms with van der Waals surface area (Å²) in [7, 11) is 1.85. The minimum atomic E-state index is -0.296. The zero-order valence-electron chi connectivity index (χ0n) is 14.0. The average molecular weight is 340 g/mol. The Kier molecular flexibility index (Phi) is 4.67. The fourth-order valence-electron chi connectivity index (χ4n) is 3.04. The third kappa shape index (κ3) is 3.32. The highest BCUT2D eigenvalue weighted by molar-refractivity contribution is 5.99. The maximum absolute atomic E-state index is 12.7. The van der Waals surface area contributed by atoms with Crippen LogP contribution >= 0.6 is 0 Å². The number of rotatable bonds is 4. The number of carbonyl (C=O) groups is 2. The van der Waals surface area contributed by atoms with Crippen LogP contribution in [0.1, 0.15) is 27.3 Å². The van der Waals surface area contributed by atoms with Crippen LogP contribution in [0, 0.1) is 0 Å². The van der Waals surface area contributed by atoms with Crippen molar-refractivity contribution in [3.63, 3.8) is 0 Å². The molecule has 25 heavy (non-hydrogen) atoms. The van der Waals surface area contributed by atoms with Gasteiger partial charge in [-0.15, -0.1) is 0 Å². The van der Waals surface area contributed by atoms with Gasteiger partial charge in [0.1, 0.15) is 0 Å². The Morgan fingerprint density at radius 3 is 2.72 bits per heavy atom. The van der Waals surface area contributed by atoms with Crippen molar-refractivity contribution < 1.29 is 14.7 Å². The van der Waals surface area contributed by atoms with Crippen LogP contribution in [0.25, 0.3) is 0 Å². The minimum Gasteiger partial charge on any atom is -0.390 e. The summed E-state index contributed by atoms with van der Waals surface area (Å²) >= 11 is 0. The smallest absolute Gasteiger partial charge is 0.254 e. The van der Waals surface area contributed by atoms with Crippen molar-refractivity contribution in [2.75, 3.05) is 11.9 Å². The van der Waals surface area contributed by atoms with Gasteiger partial charge in [0.05, 0.1) is 12.3 Å². The number of hydrogen-bond acceptors (Lipinski definition) is 4. The van der Waals surface area contributed by atoms with Crippen molar-refractivity contribution in [1.82, 2.24) is 14.7 Å². The second kappa shape index (κ2) is 6.90. The van der Waals surface area contributed by atoms with Crippen molar-refractivity contribution in [1.29, 1.82) is 0 Å². The van der Waals surface area contributed by atoms with Gasteiger partial charge < -0.3 is 15.3 Å². The highest BCUT2D eigenvalue weighted by atomic mass is 16.3. The quantitative estimate of drug-likeness (QED) is 0.820. The zero-order chi connectivity index (χ0) is 18.0. The predicted molar refractivity (Wildman–Crippen MR) is 92.8 cm³/mol. The van der Waals surface area contributed by atoms with Gasteiger partial charge in [-0.3, -0.25) is 14.3 Å². The van der Waals surface area contributed by atoms with Gasteiger partial charge in [-0.1, -0.05) is 6.58 Å². The van der Waals surface area contributed by atoms with Crippen molar-refractivity contribution in [3.05, 3.63) is 59.4 Å². The summed E-state index contributed by atoms with van der Waals surface area (Å²) in [5.41, 5.74) is 3.78. The van der Waals surface area contributed by atoms with Gasteiger partial charge in [-0.05, 0) is 30.3 Å². The molecule has 2 heterocycles. The number of aromatic nitrogens is 2. The summed E-state index contributed by atoms with van der Waals surface area (Å²) in [6, 6.07) is 6.75. The molecule has 2 N–H and O–H groups in total. The van der Waals surface area contributed by atoms with Crippen LogP contribution in [0.5, 0.6) is 0 Å².